The molecule has 0 saturated carbocycles. The van der Waals surface area contributed by atoms with Crippen molar-refractivity contribution in [3.8, 4) is 33.4 Å². The highest BCUT2D eigenvalue weighted by Gasteiger charge is 2.20. The van der Waals surface area contributed by atoms with Crippen LogP contribution in [0.4, 0.5) is 0 Å². The van der Waals surface area contributed by atoms with Gasteiger partial charge in [-0.05, 0) is 112 Å². The molecule has 10 aromatic carbocycles. The van der Waals surface area contributed by atoms with Crippen LogP contribution in [0.1, 0.15) is 0 Å². The average Bonchev–Trinajstić information content (AvgIpc) is 3.55. The van der Waals surface area contributed by atoms with Crippen LogP contribution >= 0.6 is 11.3 Å². The van der Waals surface area contributed by atoms with E-state index in [0.717, 1.165) is 0 Å². The Morgan fingerprint density at radius 2 is 0.725 bits per heavy atom. The summed E-state index contributed by atoms with van der Waals surface area (Å²) in [5.74, 6) is 0. The number of rotatable bonds is 3. The smallest absolute Gasteiger partial charge is 0.0361 e. The van der Waals surface area contributed by atoms with Gasteiger partial charge in [0.25, 0.3) is 0 Å². The van der Waals surface area contributed by atoms with Crippen LogP contribution in [0.3, 0.4) is 0 Å². The van der Waals surface area contributed by atoms with E-state index >= 15 is 0 Å². The molecule has 11 aromatic rings. The van der Waals surface area contributed by atoms with Crippen molar-refractivity contribution >= 4 is 85.4 Å². The molecule has 0 amide bonds. The summed E-state index contributed by atoms with van der Waals surface area (Å²) < 4.78 is 2.67. The Hall–Kier alpha value is -6.28. The Morgan fingerprint density at radius 1 is 0.255 bits per heavy atom. The number of hydrogen-bond acceptors (Lipinski definition) is 1. The predicted molar refractivity (Wildman–Crippen MR) is 223 cm³/mol. The average molecular weight is 663 g/mol. The standard InChI is InChI=1S/C50H30S/c1-2-14-33-30-48-46(28-32(33)13-1)45-29-34(24-27-47(45)51-48)36-25-26-44(38-18-6-5-17-37(36)38)50-42-21-9-7-19-40(42)49(41-20-8-10-22-43(41)50)39-23-11-15-31-12-3-4-16-35(31)39/h1-30H. The number of fused-ring (bicyclic) bond motifs is 8. The number of hydrogen-bond donors (Lipinski definition) is 0. The first-order valence-electron chi connectivity index (χ1n) is 17.6. The second-order valence-corrected chi connectivity index (χ2v) is 14.7. The fourth-order valence-corrected chi connectivity index (χ4v) is 9.67. The molecular weight excluding hydrogens is 633 g/mol. The van der Waals surface area contributed by atoms with Crippen LogP contribution in [0.25, 0.3) is 107 Å². The predicted octanol–water partition coefficient (Wildman–Crippen LogP) is 14.8. The number of thiophene rings is 1. The van der Waals surface area contributed by atoms with Gasteiger partial charge in [-0.2, -0.15) is 0 Å². The molecule has 0 saturated heterocycles. The molecule has 0 N–H and O–H groups in total. The first-order chi connectivity index (χ1) is 25.3. The van der Waals surface area contributed by atoms with Crippen molar-refractivity contribution in [2.24, 2.45) is 0 Å². The van der Waals surface area contributed by atoms with E-state index in [1.165, 1.54) is 107 Å². The van der Waals surface area contributed by atoms with Crippen LogP contribution in [-0.2, 0) is 0 Å². The summed E-state index contributed by atoms with van der Waals surface area (Å²) in [6.07, 6.45) is 0. The Labute approximate surface area is 299 Å². The van der Waals surface area contributed by atoms with Gasteiger partial charge in [-0.25, -0.2) is 0 Å². The van der Waals surface area contributed by atoms with Crippen molar-refractivity contribution < 1.29 is 0 Å². The topological polar surface area (TPSA) is 0 Å². The molecule has 1 heterocycles. The van der Waals surface area contributed by atoms with Crippen molar-refractivity contribution in [1.29, 1.82) is 0 Å². The highest BCUT2D eigenvalue weighted by molar-refractivity contribution is 7.25. The SMILES string of the molecule is c1ccc2cc3c(cc2c1)sc1ccc(-c2ccc(-c4c5ccccc5c(-c5cccc6ccccc56)c5ccccc45)c4ccccc24)cc13. The molecular formula is C50H30S. The van der Waals surface area contributed by atoms with Crippen molar-refractivity contribution in [3.05, 3.63) is 182 Å². The van der Waals surface area contributed by atoms with Gasteiger partial charge in [0.1, 0.15) is 0 Å². The lowest BCUT2D eigenvalue weighted by molar-refractivity contribution is 1.67. The summed E-state index contributed by atoms with van der Waals surface area (Å²) in [5, 5.41) is 15.4. The van der Waals surface area contributed by atoms with Crippen molar-refractivity contribution in [1.82, 2.24) is 0 Å². The van der Waals surface area contributed by atoms with E-state index < -0.39 is 0 Å². The zero-order valence-corrected chi connectivity index (χ0v) is 28.5. The lowest BCUT2D eigenvalue weighted by atomic mass is 9.83. The van der Waals surface area contributed by atoms with E-state index in [1.54, 1.807) is 0 Å². The minimum absolute atomic E-state index is 1.25. The fourth-order valence-electron chi connectivity index (χ4n) is 8.55. The molecule has 0 nitrogen and oxygen atoms in total. The Morgan fingerprint density at radius 3 is 1.39 bits per heavy atom. The lowest BCUT2D eigenvalue weighted by Crippen LogP contribution is -1.93. The first-order valence-corrected chi connectivity index (χ1v) is 18.4. The number of benzene rings is 10. The highest BCUT2D eigenvalue weighted by atomic mass is 32.1. The lowest BCUT2D eigenvalue weighted by Gasteiger charge is -2.20. The molecule has 1 aromatic heterocycles. The summed E-state index contributed by atoms with van der Waals surface area (Å²) in [5.41, 5.74) is 7.64. The van der Waals surface area contributed by atoms with E-state index in [1.807, 2.05) is 11.3 Å². The van der Waals surface area contributed by atoms with Crippen LogP contribution in [-0.4, -0.2) is 0 Å². The van der Waals surface area contributed by atoms with Gasteiger partial charge >= 0.3 is 0 Å². The third-order valence-corrected chi connectivity index (χ3v) is 12.0. The second-order valence-electron chi connectivity index (χ2n) is 13.6. The molecule has 1 heteroatoms. The summed E-state index contributed by atoms with van der Waals surface area (Å²) in [7, 11) is 0. The van der Waals surface area contributed by atoms with Crippen LogP contribution in [0.5, 0.6) is 0 Å². The van der Waals surface area contributed by atoms with Crippen LogP contribution in [0, 0.1) is 0 Å². The van der Waals surface area contributed by atoms with Gasteiger partial charge in [0, 0.05) is 20.2 Å². The van der Waals surface area contributed by atoms with Gasteiger partial charge < -0.3 is 0 Å². The van der Waals surface area contributed by atoms with E-state index in [-0.39, 0.29) is 0 Å². The zero-order chi connectivity index (χ0) is 33.5. The third kappa shape index (κ3) is 4.32. The largest absolute Gasteiger partial charge is 0.135 e. The molecule has 51 heavy (non-hydrogen) atoms. The van der Waals surface area contributed by atoms with E-state index in [4.69, 9.17) is 0 Å². The molecule has 0 fully saturated rings. The molecule has 0 unspecified atom stereocenters. The summed E-state index contributed by atoms with van der Waals surface area (Å²) in [4.78, 5) is 0. The Bertz CT molecular complexity index is 3130. The molecule has 0 bridgehead atoms. The minimum atomic E-state index is 1.25. The summed E-state index contributed by atoms with van der Waals surface area (Å²) in [6, 6.07) is 67.6. The molecule has 0 atom stereocenters. The normalized spacial score (nSPS) is 11.9. The van der Waals surface area contributed by atoms with E-state index in [2.05, 4.69) is 182 Å². The second kappa shape index (κ2) is 11.1. The van der Waals surface area contributed by atoms with Gasteiger partial charge in [-0.1, -0.05) is 158 Å². The first kappa shape index (κ1) is 28.5. The molecule has 11 rings (SSSR count). The maximum Gasteiger partial charge on any atom is 0.0361 e. The highest BCUT2D eigenvalue weighted by Crippen LogP contribution is 2.48. The van der Waals surface area contributed by atoms with Gasteiger partial charge in [-0.3, -0.25) is 0 Å². The van der Waals surface area contributed by atoms with E-state index in [0.29, 0.717) is 0 Å². The van der Waals surface area contributed by atoms with Crippen LogP contribution < -0.4 is 0 Å². The summed E-state index contributed by atoms with van der Waals surface area (Å²) in [6.45, 7) is 0. The Balaban J connectivity index is 1.17. The zero-order valence-electron chi connectivity index (χ0n) is 27.7. The van der Waals surface area contributed by atoms with E-state index in [9.17, 15) is 0 Å². The monoisotopic (exact) mass is 662 g/mol. The maximum absolute atomic E-state index is 2.41. The summed E-state index contributed by atoms with van der Waals surface area (Å²) >= 11 is 1.89. The van der Waals surface area contributed by atoms with Crippen LogP contribution in [0.15, 0.2) is 182 Å². The van der Waals surface area contributed by atoms with Gasteiger partial charge in [-0.15, -0.1) is 11.3 Å². The fraction of sp³-hybridized carbons (Fsp3) is 0. The Kier molecular flexibility index (Phi) is 6.22. The van der Waals surface area contributed by atoms with Gasteiger partial charge in [0.15, 0.2) is 0 Å². The molecule has 0 spiro atoms. The van der Waals surface area contributed by atoms with Gasteiger partial charge in [0.2, 0.25) is 0 Å². The molecule has 0 aliphatic rings. The van der Waals surface area contributed by atoms with Crippen LogP contribution in [0.2, 0.25) is 0 Å². The van der Waals surface area contributed by atoms with Gasteiger partial charge in [0.05, 0.1) is 0 Å². The molecule has 236 valence electrons. The van der Waals surface area contributed by atoms with Crippen molar-refractivity contribution in [2.45, 2.75) is 0 Å². The molecule has 0 aliphatic carbocycles. The molecule has 0 aliphatic heterocycles. The third-order valence-electron chi connectivity index (χ3n) is 10.8. The minimum Gasteiger partial charge on any atom is -0.135 e. The van der Waals surface area contributed by atoms with Crippen molar-refractivity contribution in [3.63, 3.8) is 0 Å². The van der Waals surface area contributed by atoms with Crippen molar-refractivity contribution in [2.75, 3.05) is 0 Å². The maximum atomic E-state index is 2.41. The molecule has 0 radical (unpaired) electrons. The quantitative estimate of drug-likeness (QED) is 0.165.